The van der Waals surface area contributed by atoms with Crippen LogP contribution in [0.5, 0.6) is 0 Å². The SMILES string of the molecule is CC/C=C(/N=C(/C=C(\C)n1c2ccccc2c2ccccc21)c1ccccc1)c1ccc2c3ccccc3c3ccccc3c2c1. The first-order chi connectivity index (χ1) is 22.7. The quantitative estimate of drug-likeness (QED) is 0.135. The Bertz CT molecular complexity index is 2420. The van der Waals surface area contributed by atoms with Crippen molar-refractivity contribution in [3.8, 4) is 0 Å². The Hall–Kier alpha value is -5.73. The molecule has 0 saturated carbocycles. The fraction of sp³-hybridized carbons (Fsp3) is 0.0682. The van der Waals surface area contributed by atoms with Crippen molar-refractivity contribution >= 4 is 71.2 Å². The lowest BCUT2D eigenvalue weighted by molar-refractivity contribution is 1.20. The Labute approximate surface area is 269 Å². The summed E-state index contributed by atoms with van der Waals surface area (Å²) in [5.41, 5.74) is 7.63. The number of allylic oxidation sites excluding steroid dienone is 3. The third-order valence-electron chi connectivity index (χ3n) is 9.03. The second kappa shape index (κ2) is 11.6. The largest absolute Gasteiger partial charge is 0.313 e. The highest BCUT2D eigenvalue weighted by Gasteiger charge is 2.14. The second-order valence-corrected chi connectivity index (χ2v) is 11.9. The summed E-state index contributed by atoms with van der Waals surface area (Å²) in [5.74, 6) is 0. The maximum Gasteiger partial charge on any atom is 0.0726 e. The van der Waals surface area contributed by atoms with Gasteiger partial charge in [0.15, 0.2) is 0 Å². The van der Waals surface area contributed by atoms with E-state index in [2.05, 4.69) is 176 Å². The van der Waals surface area contributed by atoms with Gasteiger partial charge in [0, 0.05) is 27.6 Å². The summed E-state index contributed by atoms with van der Waals surface area (Å²) in [6.07, 6.45) is 5.37. The average Bonchev–Trinajstić information content (AvgIpc) is 3.46. The molecule has 0 atom stereocenters. The minimum Gasteiger partial charge on any atom is -0.313 e. The number of para-hydroxylation sites is 2. The van der Waals surface area contributed by atoms with Crippen molar-refractivity contribution in [1.82, 2.24) is 4.57 Å². The number of aromatic nitrogens is 1. The summed E-state index contributed by atoms with van der Waals surface area (Å²) >= 11 is 0. The molecule has 7 aromatic carbocycles. The van der Waals surface area contributed by atoms with Crippen LogP contribution in [-0.2, 0) is 0 Å². The summed E-state index contributed by atoms with van der Waals surface area (Å²) in [7, 11) is 0. The average molecular weight is 591 g/mol. The molecule has 0 fully saturated rings. The van der Waals surface area contributed by atoms with Crippen LogP contribution in [0, 0.1) is 0 Å². The highest BCUT2D eigenvalue weighted by molar-refractivity contribution is 6.25. The van der Waals surface area contributed by atoms with Crippen LogP contribution in [0.1, 0.15) is 31.4 Å². The lowest BCUT2D eigenvalue weighted by Crippen LogP contribution is -2.02. The van der Waals surface area contributed by atoms with Crippen molar-refractivity contribution in [1.29, 1.82) is 0 Å². The van der Waals surface area contributed by atoms with Gasteiger partial charge >= 0.3 is 0 Å². The maximum absolute atomic E-state index is 5.45. The smallest absolute Gasteiger partial charge is 0.0726 e. The zero-order chi connectivity index (χ0) is 31.0. The van der Waals surface area contributed by atoms with Crippen molar-refractivity contribution < 1.29 is 0 Å². The topological polar surface area (TPSA) is 17.3 Å². The fourth-order valence-electron chi connectivity index (χ4n) is 6.97. The number of rotatable bonds is 6. The first-order valence-corrected chi connectivity index (χ1v) is 16.1. The zero-order valence-electron chi connectivity index (χ0n) is 26.1. The van der Waals surface area contributed by atoms with E-state index >= 15 is 0 Å². The van der Waals surface area contributed by atoms with E-state index in [1.54, 1.807) is 0 Å². The number of aliphatic imine (C=N–C) groups is 1. The summed E-state index contributed by atoms with van der Waals surface area (Å²) in [5, 5.41) is 10.1. The summed E-state index contributed by atoms with van der Waals surface area (Å²) in [6.45, 7) is 4.37. The second-order valence-electron chi connectivity index (χ2n) is 11.9. The van der Waals surface area contributed by atoms with Crippen LogP contribution in [0.4, 0.5) is 0 Å². The van der Waals surface area contributed by atoms with E-state index in [9.17, 15) is 0 Å². The lowest BCUT2D eigenvalue weighted by Gasteiger charge is -2.13. The first-order valence-electron chi connectivity index (χ1n) is 16.1. The van der Waals surface area contributed by atoms with E-state index in [-0.39, 0.29) is 0 Å². The molecule has 1 heterocycles. The molecule has 1 aromatic heterocycles. The third-order valence-corrected chi connectivity index (χ3v) is 9.03. The van der Waals surface area contributed by atoms with Crippen molar-refractivity contribution in [3.05, 3.63) is 169 Å². The highest BCUT2D eigenvalue weighted by Crippen LogP contribution is 2.37. The molecule has 0 aliphatic carbocycles. The Morgan fingerprint density at radius 1 is 0.522 bits per heavy atom. The summed E-state index contributed by atoms with van der Waals surface area (Å²) < 4.78 is 2.36. The Morgan fingerprint density at radius 3 is 1.57 bits per heavy atom. The molecule has 0 aliphatic rings. The molecule has 8 rings (SSSR count). The summed E-state index contributed by atoms with van der Waals surface area (Å²) in [4.78, 5) is 5.45. The Balaban J connectivity index is 1.34. The molecule has 0 amide bonds. The molecular formula is C44H34N2. The molecule has 0 saturated heterocycles. The number of fused-ring (bicyclic) bond motifs is 9. The van der Waals surface area contributed by atoms with E-state index < -0.39 is 0 Å². The molecule has 220 valence electrons. The molecule has 8 aromatic rings. The standard InChI is InChI=1S/C44H34N2/c1-3-15-41(32-26-27-37-35-20-8-7-18-33(35)34-19-9-10-21-36(34)40(37)29-32)45-42(31-16-5-4-6-17-31)28-30(2)46-43-24-13-11-22-38(43)39-23-12-14-25-44(39)46/h4-29H,3H2,1-2H3/b30-28+,41-15+,45-42-. The molecule has 0 radical (unpaired) electrons. The molecule has 0 aliphatic heterocycles. The van der Waals surface area contributed by atoms with Gasteiger partial charge in [0.05, 0.1) is 22.4 Å². The molecule has 2 heteroatoms. The van der Waals surface area contributed by atoms with E-state index in [1.165, 1.54) is 54.1 Å². The molecule has 0 unspecified atom stereocenters. The van der Waals surface area contributed by atoms with Gasteiger partial charge in [-0.2, -0.15) is 0 Å². The van der Waals surface area contributed by atoms with Crippen molar-refractivity contribution in [2.75, 3.05) is 0 Å². The Morgan fingerprint density at radius 2 is 1.00 bits per heavy atom. The van der Waals surface area contributed by atoms with Gasteiger partial charge in [0.1, 0.15) is 0 Å². The lowest BCUT2D eigenvalue weighted by atomic mass is 9.93. The van der Waals surface area contributed by atoms with Gasteiger partial charge in [0.2, 0.25) is 0 Å². The van der Waals surface area contributed by atoms with Crippen LogP contribution in [0.25, 0.3) is 65.5 Å². The van der Waals surface area contributed by atoms with Crippen LogP contribution in [-0.4, -0.2) is 10.3 Å². The van der Waals surface area contributed by atoms with Crippen LogP contribution in [0.15, 0.2) is 163 Å². The molecular weight excluding hydrogens is 556 g/mol. The molecule has 0 bridgehead atoms. The number of hydrogen-bond donors (Lipinski definition) is 0. The van der Waals surface area contributed by atoms with Crippen molar-refractivity contribution in [2.24, 2.45) is 4.99 Å². The number of benzene rings is 7. The molecule has 2 nitrogen and oxygen atoms in total. The first kappa shape index (κ1) is 27.8. The zero-order valence-corrected chi connectivity index (χ0v) is 26.1. The molecule has 0 N–H and O–H groups in total. The highest BCUT2D eigenvalue weighted by atomic mass is 15.0. The minimum atomic E-state index is 0.882. The third kappa shape index (κ3) is 4.71. The predicted octanol–water partition coefficient (Wildman–Crippen LogP) is 12.1. The van der Waals surface area contributed by atoms with Gasteiger partial charge in [0.25, 0.3) is 0 Å². The predicted molar refractivity (Wildman–Crippen MR) is 200 cm³/mol. The van der Waals surface area contributed by atoms with E-state index in [4.69, 9.17) is 4.99 Å². The Kier molecular flexibility index (Phi) is 7.04. The fourth-order valence-corrected chi connectivity index (χ4v) is 6.97. The van der Waals surface area contributed by atoms with E-state index in [0.29, 0.717) is 0 Å². The van der Waals surface area contributed by atoms with Gasteiger partial charge in [-0.25, -0.2) is 4.99 Å². The van der Waals surface area contributed by atoms with Crippen LogP contribution >= 0.6 is 0 Å². The van der Waals surface area contributed by atoms with E-state index in [0.717, 1.165) is 34.7 Å². The normalized spacial score (nSPS) is 13.0. The van der Waals surface area contributed by atoms with E-state index in [1.807, 2.05) is 0 Å². The van der Waals surface area contributed by atoms with Gasteiger partial charge in [-0.05, 0) is 69.9 Å². The minimum absolute atomic E-state index is 0.882. The van der Waals surface area contributed by atoms with Gasteiger partial charge in [-0.15, -0.1) is 0 Å². The molecule has 46 heavy (non-hydrogen) atoms. The number of nitrogens with zero attached hydrogens (tertiary/aromatic N) is 2. The molecule has 0 spiro atoms. The van der Waals surface area contributed by atoms with Crippen molar-refractivity contribution in [3.63, 3.8) is 0 Å². The van der Waals surface area contributed by atoms with Gasteiger partial charge in [-0.1, -0.05) is 140 Å². The summed E-state index contributed by atoms with van der Waals surface area (Å²) in [6, 6.07) is 52.2. The van der Waals surface area contributed by atoms with Gasteiger partial charge in [-0.3, -0.25) is 0 Å². The number of hydrogen-bond acceptors (Lipinski definition) is 1. The van der Waals surface area contributed by atoms with Crippen LogP contribution < -0.4 is 0 Å². The van der Waals surface area contributed by atoms with Crippen molar-refractivity contribution in [2.45, 2.75) is 20.3 Å². The van der Waals surface area contributed by atoms with Crippen LogP contribution in [0.3, 0.4) is 0 Å². The van der Waals surface area contributed by atoms with Gasteiger partial charge < -0.3 is 4.57 Å². The van der Waals surface area contributed by atoms with Crippen LogP contribution in [0.2, 0.25) is 0 Å². The monoisotopic (exact) mass is 590 g/mol. The maximum atomic E-state index is 5.45.